The lowest BCUT2D eigenvalue weighted by atomic mass is 9.72. The number of carbonyl (C=O) groups is 3. The minimum atomic E-state index is -4.34. The quantitative estimate of drug-likeness (QED) is 0.210. The zero-order valence-electron chi connectivity index (χ0n) is 16.8. The van der Waals surface area contributed by atoms with E-state index in [9.17, 15) is 27.9 Å². The molecular weight excluding hydrogens is 716 g/mol. The normalized spacial score (nSPS) is 18.7. The van der Waals surface area contributed by atoms with Gasteiger partial charge in [-0.15, -0.1) is 0 Å². The molecule has 1 fully saturated rings. The average molecular weight is 732 g/mol. The average Bonchev–Trinajstić information content (AvgIpc) is 2.75. The first kappa shape index (κ1) is 26.3. The molecule has 2 amide bonds. The topological polar surface area (TPSA) is 130 Å². The monoisotopic (exact) mass is 728 g/mol. The molecule has 1 unspecified atom stereocenters. The Labute approximate surface area is 223 Å². The molecular formula is C20H16Br4N2O6S. The number of carboxylic acids is 1. The van der Waals surface area contributed by atoms with Gasteiger partial charge >= 0.3 is 5.97 Å². The van der Waals surface area contributed by atoms with Gasteiger partial charge in [-0.05, 0) is 94.3 Å². The smallest absolute Gasteiger partial charge is 0.338 e. The van der Waals surface area contributed by atoms with Crippen LogP contribution in [0.3, 0.4) is 0 Å². The van der Waals surface area contributed by atoms with E-state index in [1.807, 2.05) is 6.92 Å². The number of carbonyl (C=O) groups excluding carboxylic acids is 2. The van der Waals surface area contributed by atoms with Crippen molar-refractivity contribution in [2.24, 2.45) is 0 Å². The summed E-state index contributed by atoms with van der Waals surface area (Å²) in [6, 6.07) is 6.23. The molecule has 33 heavy (non-hydrogen) atoms. The van der Waals surface area contributed by atoms with Gasteiger partial charge in [0.2, 0.25) is 11.8 Å². The number of amides is 2. The number of sulfonamides is 1. The van der Waals surface area contributed by atoms with Gasteiger partial charge in [-0.1, -0.05) is 19.1 Å². The molecule has 0 aromatic heterocycles. The molecule has 1 heterocycles. The van der Waals surface area contributed by atoms with Crippen LogP contribution in [0.5, 0.6) is 0 Å². The first-order valence-corrected chi connectivity index (χ1v) is 14.1. The van der Waals surface area contributed by atoms with Gasteiger partial charge < -0.3 is 5.11 Å². The van der Waals surface area contributed by atoms with Crippen LogP contribution in [-0.2, 0) is 25.0 Å². The van der Waals surface area contributed by atoms with E-state index in [1.165, 1.54) is 12.1 Å². The predicted molar refractivity (Wildman–Crippen MR) is 136 cm³/mol. The molecule has 0 spiro atoms. The number of hydrogen-bond donors (Lipinski definition) is 3. The molecule has 1 saturated heterocycles. The number of benzene rings is 2. The van der Waals surface area contributed by atoms with Gasteiger partial charge in [0.15, 0.2) is 0 Å². The summed E-state index contributed by atoms with van der Waals surface area (Å²) in [5, 5.41) is 12.0. The van der Waals surface area contributed by atoms with Gasteiger partial charge in [0.05, 0.1) is 15.5 Å². The molecule has 1 aliphatic rings. The highest BCUT2D eigenvalue weighted by atomic mass is 79.9. The third kappa shape index (κ3) is 4.79. The molecule has 1 atom stereocenters. The third-order valence-corrected chi connectivity index (χ3v) is 11.9. The van der Waals surface area contributed by atoms with Gasteiger partial charge in [0, 0.05) is 25.5 Å². The molecule has 3 rings (SSSR count). The third-order valence-electron chi connectivity index (χ3n) is 5.47. The Balaban J connectivity index is 2.01. The van der Waals surface area contributed by atoms with Crippen LogP contribution in [0.4, 0.5) is 5.69 Å². The predicted octanol–water partition coefficient (Wildman–Crippen LogP) is 5.32. The first-order valence-electron chi connectivity index (χ1n) is 9.42. The number of carboxylic acid groups (broad SMARTS) is 1. The number of halogens is 4. The number of hydrogen-bond acceptors (Lipinski definition) is 5. The van der Waals surface area contributed by atoms with Crippen molar-refractivity contribution in [1.29, 1.82) is 0 Å². The van der Waals surface area contributed by atoms with E-state index in [-0.39, 0.29) is 32.9 Å². The zero-order chi connectivity index (χ0) is 24.7. The van der Waals surface area contributed by atoms with Crippen molar-refractivity contribution in [1.82, 2.24) is 5.32 Å². The Kier molecular flexibility index (Phi) is 7.79. The maximum absolute atomic E-state index is 13.2. The van der Waals surface area contributed by atoms with Crippen LogP contribution >= 0.6 is 63.7 Å². The standard InChI is InChI=1S/C20H16Br4N2O6S/c1-2-20(8-7-11(27)25-19(20)30)9-3-5-10(6-4-9)26-33(31,32)17-12(18(28)29)13(21)14(22)15(23)16(17)24/h3-6,26H,2,7-8H2,1H3,(H,28,29)(H,25,27,30). The summed E-state index contributed by atoms with van der Waals surface area (Å²) >= 11 is 12.8. The van der Waals surface area contributed by atoms with Crippen molar-refractivity contribution in [2.45, 2.75) is 36.5 Å². The van der Waals surface area contributed by atoms with E-state index in [4.69, 9.17) is 0 Å². The van der Waals surface area contributed by atoms with Crippen molar-refractivity contribution in [2.75, 3.05) is 4.72 Å². The molecule has 8 nitrogen and oxygen atoms in total. The number of rotatable bonds is 6. The highest BCUT2D eigenvalue weighted by Gasteiger charge is 2.42. The Bertz CT molecular complexity index is 1280. The van der Waals surface area contributed by atoms with Crippen LogP contribution in [0.15, 0.2) is 47.1 Å². The highest BCUT2D eigenvalue weighted by Crippen LogP contribution is 2.44. The molecule has 0 aliphatic carbocycles. The van der Waals surface area contributed by atoms with E-state index in [0.29, 0.717) is 27.4 Å². The Hall–Kier alpha value is -1.28. The van der Waals surface area contributed by atoms with Crippen molar-refractivity contribution < 1.29 is 27.9 Å². The van der Waals surface area contributed by atoms with Crippen LogP contribution in [-0.4, -0.2) is 31.3 Å². The Morgan fingerprint density at radius 3 is 2.15 bits per heavy atom. The van der Waals surface area contributed by atoms with E-state index < -0.39 is 31.9 Å². The summed E-state index contributed by atoms with van der Waals surface area (Å²) in [6.45, 7) is 1.85. The van der Waals surface area contributed by atoms with Crippen LogP contribution in [0.25, 0.3) is 0 Å². The fourth-order valence-electron chi connectivity index (χ4n) is 3.68. The second-order valence-corrected chi connectivity index (χ2v) is 12.1. The summed E-state index contributed by atoms with van der Waals surface area (Å²) in [7, 11) is -4.34. The van der Waals surface area contributed by atoms with Crippen molar-refractivity contribution in [3.05, 3.63) is 53.3 Å². The van der Waals surface area contributed by atoms with Gasteiger partial charge in [0.25, 0.3) is 10.0 Å². The lowest BCUT2D eigenvalue weighted by Gasteiger charge is -2.35. The number of nitrogens with one attached hydrogen (secondary N) is 2. The second kappa shape index (κ2) is 9.76. The van der Waals surface area contributed by atoms with E-state index in [2.05, 4.69) is 73.8 Å². The maximum atomic E-state index is 13.2. The molecule has 176 valence electrons. The summed E-state index contributed by atoms with van der Waals surface area (Å²) in [6.07, 6.45) is 1.04. The molecule has 1 aliphatic heterocycles. The number of anilines is 1. The summed E-state index contributed by atoms with van der Waals surface area (Å²) in [5.41, 5.74) is -0.503. The van der Waals surface area contributed by atoms with Gasteiger partial charge in [0.1, 0.15) is 4.90 Å². The second-order valence-electron chi connectivity index (χ2n) is 7.26. The molecule has 0 bridgehead atoms. The number of piperidine rings is 1. The van der Waals surface area contributed by atoms with E-state index >= 15 is 0 Å². The van der Waals surface area contributed by atoms with Gasteiger partial charge in [-0.25, -0.2) is 13.2 Å². The fraction of sp³-hybridized carbons (Fsp3) is 0.250. The summed E-state index contributed by atoms with van der Waals surface area (Å²) in [4.78, 5) is 35.5. The van der Waals surface area contributed by atoms with Gasteiger partial charge in [-0.3, -0.25) is 19.6 Å². The Morgan fingerprint density at radius 1 is 1.06 bits per heavy atom. The number of aromatic carboxylic acids is 1. The largest absolute Gasteiger partial charge is 0.478 e. The van der Waals surface area contributed by atoms with Crippen LogP contribution in [0, 0.1) is 0 Å². The van der Waals surface area contributed by atoms with E-state index in [1.54, 1.807) is 12.1 Å². The minimum absolute atomic E-state index is 0.0348. The molecule has 2 aromatic rings. The summed E-state index contributed by atoms with van der Waals surface area (Å²) in [5.74, 6) is -2.14. The lowest BCUT2D eigenvalue weighted by molar-refractivity contribution is -0.138. The SMILES string of the molecule is CCC1(c2ccc(NS(=O)(=O)c3c(Br)c(Br)c(Br)c(Br)c3C(=O)O)cc2)CCC(=O)NC1=O. The molecule has 13 heteroatoms. The van der Waals surface area contributed by atoms with Crippen molar-refractivity contribution in [3.63, 3.8) is 0 Å². The fourth-order valence-corrected chi connectivity index (χ4v) is 8.22. The first-order chi connectivity index (χ1) is 15.4. The minimum Gasteiger partial charge on any atom is -0.478 e. The van der Waals surface area contributed by atoms with Crippen LogP contribution < -0.4 is 10.0 Å². The van der Waals surface area contributed by atoms with Crippen LogP contribution in [0.2, 0.25) is 0 Å². The maximum Gasteiger partial charge on any atom is 0.338 e. The highest BCUT2D eigenvalue weighted by molar-refractivity contribution is 9.15. The van der Waals surface area contributed by atoms with Gasteiger partial charge in [-0.2, -0.15) is 0 Å². The number of imide groups is 1. The Morgan fingerprint density at radius 2 is 1.64 bits per heavy atom. The van der Waals surface area contributed by atoms with Crippen LogP contribution in [0.1, 0.15) is 42.1 Å². The molecule has 2 aromatic carbocycles. The molecule has 0 radical (unpaired) electrons. The molecule has 0 saturated carbocycles. The van der Waals surface area contributed by atoms with Crippen molar-refractivity contribution >= 4 is 97.2 Å². The van der Waals surface area contributed by atoms with Crippen molar-refractivity contribution in [3.8, 4) is 0 Å². The molecule has 3 N–H and O–H groups in total. The lowest BCUT2D eigenvalue weighted by Crippen LogP contribution is -2.51. The zero-order valence-corrected chi connectivity index (χ0v) is 24.0. The summed E-state index contributed by atoms with van der Waals surface area (Å²) < 4.78 is 29.5. The van der Waals surface area contributed by atoms with E-state index in [0.717, 1.165) is 0 Å².